The van der Waals surface area contributed by atoms with Crippen molar-refractivity contribution >= 4 is 0 Å². The summed E-state index contributed by atoms with van der Waals surface area (Å²) in [6.07, 6.45) is 0.942. The quantitative estimate of drug-likeness (QED) is 0.209. The molecule has 0 fully saturated rings. The molecule has 3 heteroatoms. The summed E-state index contributed by atoms with van der Waals surface area (Å²) in [6.45, 7) is 1.93. The minimum absolute atomic E-state index is 0.679. The highest BCUT2D eigenvalue weighted by atomic mass is 15.0. The highest BCUT2D eigenvalue weighted by molar-refractivity contribution is 5.93. The second kappa shape index (κ2) is 10.9. The molecule has 0 aliphatic heterocycles. The highest BCUT2D eigenvalue weighted by Gasteiger charge is 2.23. The molecule has 0 saturated carbocycles. The SMILES string of the molecule is Cc1nc(-c2ccc(-c3ccccc3)cc2)nc(-c2cccc(-c3cc4c(c(-c5ccccc5)c3)-c3ccccc3C4)c2)n1. The number of nitrogens with zero attached hydrogens (tertiary/aromatic N) is 3. The molecule has 6 aromatic carbocycles. The van der Waals surface area contributed by atoms with Crippen molar-refractivity contribution in [1.29, 1.82) is 0 Å². The first kappa shape index (κ1) is 26.0. The summed E-state index contributed by atoms with van der Waals surface area (Å²) in [5.41, 5.74) is 14.6. The van der Waals surface area contributed by atoms with E-state index in [1.807, 2.05) is 13.0 Å². The first-order chi connectivity index (χ1) is 21.7. The third kappa shape index (κ3) is 4.79. The summed E-state index contributed by atoms with van der Waals surface area (Å²) in [7, 11) is 0. The monoisotopic (exact) mass is 563 g/mol. The predicted octanol–water partition coefficient (Wildman–Crippen LogP) is 10.1. The Balaban J connectivity index is 1.18. The van der Waals surface area contributed by atoms with E-state index in [4.69, 9.17) is 15.0 Å². The zero-order valence-corrected chi connectivity index (χ0v) is 24.4. The number of benzene rings is 6. The van der Waals surface area contributed by atoms with Crippen LogP contribution in [0.1, 0.15) is 17.0 Å². The molecule has 44 heavy (non-hydrogen) atoms. The van der Waals surface area contributed by atoms with Crippen LogP contribution in [0.3, 0.4) is 0 Å². The van der Waals surface area contributed by atoms with E-state index in [2.05, 4.69) is 140 Å². The molecule has 0 bridgehead atoms. The smallest absolute Gasteiger partial charge is 0.163 e. The fraction of sp³-hybridized carbons (Fsp3) is 0.0488. The first-order valence-electron chi connectivity index (χ1n) is 15.0. The molecule has 1 aliphatic rings. The summed E-state index contributed by atoms with van der Waals surface area (Å²) in [4.78, 5) is 14.4. The fourth-order valence-electron chi connectivity index (χ4n) is 6.32. The Labute approximate surface area is 257 Å². The van der Waals surface area contributed by atoms with Gasteiger partial charge in [0.05, 0.1) is 0 Å². The Morgan fingerprint density at radius 1 is 0.386 bits per heavy atom. The van der Waals surface area contributed by atoms with Gasteiger partial charge in [0.1, 0.15) is 5.82 Å². The topological polar surface area (TPSA) is 38.7 Å². The van der Waals surface area contributed by atoms with Crippen molar-refractivity contribution in [3.05, 3.63) is 163 Å². The van der Waals surface area contributed by atoms with E-state index in [0.29, 0.717) is 17.5 Å². The van der Waals surface area contributed by atoms with Crippen molar-refractivity contribution in [1.82, 2.24) is 15.0 Å². The molecule has 1 aromatic heterocycles. The molecule has 8 rings (SSSR count). The lowest BCUT2D eigenvalue weighted by Gasteiger charge is -2.14. The molecule has 0 N–H and O–H groups in total. The van der Waals surface area contributed by atoms with Crippen molar-refractivity contribution in [2.45, 2.75) is 13.3 Å². The Hall–Kier alpha value is -5.67. The molecule has 1 heterocycles. The summed E-state index contributed by atoms with van der Waals surface area (Å²) >= 11 is 0. The van der Waals surface area contributed by atoms with Crippen LogP contribution in [0.5, 0.6) is 0 Å². The van der Waals surface area contributed by atoms with Gasteiger partial charge >= 0.3 is 0 Å². The van der Waals surface area contributed by atoms with Crippen LogP contribution in [-0.4, -0.2) is 15.0 Å². The normalized spacial score (nSPS) is 11.7. The fourth-order valence-corrected chi connectivity index (χ4v) is 6.32. The van der Waals surface area contributed by atoms with Crippen molar-refractivity contribution < 1.29 is 0 Å². The first-order valence-corrected chi connectivity index (χ1v) is 15.0. The Bertz CT molecular complexity index is 2130. The van der Waals surface area contributed by atoms with Crippen LogP contribution in [0.15, 0.2) is 146 Å². The van der Waals surface area contributed by atoms with Crippen LogP contribution >= 0.6 is 0 Å². The molecule has 0 saturated heterocycles. The lowest BCUT2D eigenvalue weighted by molar-refractivity contribution is 0.992. The Morgan fingerprint density at radius 2 is 0.977 bits per heavy atom. The molecular formula is C41H29N3. The van der Waals surface area contributed by atoms with Crippen LogP contribution < -0.4 is 0 Å². The third-order valence-corrected chi connectivity index (χ3v) is 8.42. The maximum absolute atomic E-state index is 4.94. The lowest BCUT2D eigenvalue weighted by atomic mass is 9.90. The van der Waals surface area contributed by atoms with Gasteiger partial charge in [-0.05, 0) is 81.1 Å². The van der Waals surface area contributed by atoms with Crippen molar-refractivity contribution in [2.24, 2.45) is 0 Å². The van der Waals surface area contributed by atoms with Gasteiger partial charge in [0.15, 0.2) is 11.6 Å². The van der Waals surface area contributed by atoms with E-state index in [0.717, 1.165) is 23.1 Å². The average molecular weight is 564 g/mol. The number of hydrogen-bond donors (Lipinski definition) is 0. The second-order valence-corrected chi connectivity index (χ2v) is 11.3. The molecule has 7 aromatic rings. The van der Waals surface area contributed by atoms with Crippen molar-refractivity contribution in [3.63, 3.8) is 0 Å². The van der Waals surface area contributed by atoms with E-state index in [1.165, 1.54) is 50.1 Å². The van der Waals surface area contributed by atoms with Gasteiger partial charge in [-0.1, -0.05) is 133 Å². The highest BCUT2D eigenvalue weighted by Crippen LogP contribution is 2.45. The van der Waals surface area contributed by atoms with E-state index in [-0.39, 0.29) is 0 Å². The summed E-state index contributed by atoms with van der Waals surface area (Å²) in [6, 6.07) is 51.6. The van der Waals surface area contributed by atoms with Crippen LogP contribution in [0, 0.1) is 6.92 Å². The van der Waals surface area contributed by atoms with Crippen LogP contribution in [0.2, 0.25) is 0 Å². The molecular weight excluding hydrogens is 534 g/mol. The molecule has 0 atom stereocenters. The van der Waals surface area contributed by atoms with E-state index >= 15 is 0 Å². The molecule has 3 nitrogen and oxygen atoms in total. The van der Waals surface area contributed by atoms with E-state index in [1.54, 1.807) is 0 Å². The zero-order chi connectivity index (χ0) is 29.5. The van der Waals surface area contributed by atoms with E-state index < -0.39 is 0 Å². The van der Waals surface area contributed by atoms with Gasteiger partial charge in [-0.15, -0.1) is 0 Å². The molecule has 0 amide bonds. The molecule has 1 aliphatic carbocycles. The predicted molar refractivity (Wildman–Crippen MR) is 180 cm³/mol. The van der Waals surface area contributed by atoms with Gasteiger partial charge < -0.3 is 0 Å². The summed E-state index contributed by atoms with van der Waals surface area (Å²) < 4.78 is 0. The molecule has 208 valence electrons. The van der Waals surface area contributed by atoms with Crippen LogP contribution in [-0.2, 0) is 6.42 Å². The van der Waals surface area contributed by atoms with E-state index in [9.17, 15) is 0 Å². The van der Waals surface area contributed by atoms with Gasteiger partial charge in [-0.2, -0.15) is 0 Å². The van der Waals surface area contributed by atoms with Gasteiger partial charge in [-0.25, -0.2) is 15.0 Å². The number of hydrogen-bond acceptors (Lipinski definition) is 3. The molecule has 0 unspecified atom stereocenters. The van der Waals surface area contributed by atoms with Crippen LogP contribution in [0.4, 0.5) is 0 Å². The number of fused-ring (bicyclic) bond motifs is 3. The lowest BCUT2D eigenvalue weighted by Crippen LogP contribution is -1.99. The maximum atomic E-state index is 4.94. The standard InChI is InChI=1S/C41H29N3/c1-27-42-40(31-21-19-29(20-22-31)28-11-4-2-5-12-28)44-41(43-27)34-17-10-16-32(23-34)35-25-36-24-33-15-8-9-18-37(33)39(36)38(26-35)30-13-6-3-7-14-30/h2-23,25-26H,24H2,1H3. The minimum atomic E-state index is 0.679. The van der Waals surface area contributed by atoms with Gasteiger partial charge in [0.25, 0.3) is 0 Å². The molecule has 0 radical (unpaired) electrons. The van der Waals surface area contributed by atoms with Gasteiger partial charge in [0, 0.05) is 11.1 Å². The zero-order valence-electron chi connectivity index (χ0n) is 24.4. The van der Waals surface area contributed by atoms with Crippen LogP contribution in [0.25, 0.3) is 67.3 Å². The number of aryl methyl sites for hydroxylation is 1. The van der Waals surface area contributed by atoms with Crippen molar-refractivity contribution in [3.8, 4) is 67.3 Å². The number of aromatic nitrogens is 3. The average Bonchev–Trinajstić information content (AvgIpc) is 3.47. The summed E-state index contributed by atoms with van der Waals surface area (Å²) in [5, 5.41) is 0. The Morgan fingerprint density at radius 3 is 1.75 bits per heavy atom. The number of rotatable bonds is 5. The van der Waals surface area contributed by atoms with Gasteiger partial charge in [-0.3, -0.25) is 0 Å². The summed E-state index contributed by atoms with van der Waals surface area (Å²) in [5.74, 6) is 2.06. The minimum Gasteiger partial charge on any atom is -0.213 e. The van der Waals surface area contributed by atoms with Gasteiger partial charge in [0.2, 0.25) is 0 Å². The van der Waals surface area contributed by atoms with Crippen molar-refractivity contribution in [2.75, 3.05) is 0 Å². The third-order valence-electron chi connectivity index (χ3n) is 8.42. The maximum Gasteiger partial charge on any atom is 0.163 e. The molecule has 0 spiro atoms. The second-order valence-electron chi connectivity index (χ2n) is 11.3. The Kier molecular flexibility index (Phi) is 6.42. The largest absolute Gasteiger partial charge is 0.213 e.